The fraction of sp³-hybridized carbons (Fsp3) is 0.600. The van der Waals surface area contributed by atoms with Gasteiger partial charge < -0.3 is 10.4 Å². The van der Waals surface area contributed by atoms with Gasteiger partial charge in [0.1, 0.15) is 11.6 Å². The summed E-state index contributed by atoms with van der Waals surface area (Å²) in [6.45, 7) is 4.24. The van der Waals surface area contributed by atoms with Crippen molar-refractivity contribution in [3.8, 4) is 5.75 Å². The summed E-state index contributed by atoms with van der Waals surface area (Å²) in [5, 5.41) is 13.3. The Hall–Kier alpha value is -1.09. The Kier molecular flexibility index (Phi) is 4.23. The average Bonchev–Trinajstić information content (AvgIpc) is 2.35. The molecule has 3 atom stereocenters. The van der Waals surface area contributed by atoms with E-state index in [1.807, 2.05) is 6.92 Å². The van der Waals surface area contributed by atoms with Crippen LogP contribution in [0.15, 0.2) is 18.2 Å². The first-order valence-corrected chi connectivity index (χ1v) is 6.82. The second-order valence-electron chi connectivity index (χ2n) is 5.46. The molecular weight excluding hydrogens is 229 g/mol. The lowest BCUT2D eigenvalue weighted by atomic mass is 9.85. The topological polar surface area (TPSA) is 32.3 Å². The minimum Gasteiger partial charge on any atom is -0.508 e. The van der Waals surface area contributed by atoms with Crippen molar-refractivity contribution in [2.75, 3.05) is 0 Å². The van der Waals surface area contributed by atoms with Crippen LogP contribution in [0.1, 0.15) is 51.1 Å². The largest absolute Gasteiger partial charge is 0.508 e. The second kappa shape index (κ2) is 5.70. The van der Waals surface area contributed by atoms with Crippen LogP contribution >= 0.6 is 0 Å². The first kappa shape index (κ1) is 13.3. The fourth-order valence-corrected chi connectivity index (χ4v) is 2.85. The SMILES string of the molecule is CC(NC1CCCCC1C)c1cc(F)ccc1O. The van der Waals surface area contributed by atoms with E-state index in [2.05, 4.69) is 12.2 Å². The van der Waals surface area contributed by atoms with Crippen LogP contribution in [0.4, 0.5) is 4.39 Å². The van der Waals surface area contributed by atoms with Gasteiger partial charge >= 0.3 is 0 Å². The van der Waals surface area contributed by atoms with Crippen molar-refractivity contribution < 1.29 is 9.50 Å². The molecule has 1 aromatic carbocycles. The summed E-state index contributed by atoms with van der Waals surface area (Å²) in [5.74, 6) is 0.518. The monoisotopic (exact) mass is 251 g/mol. The summed E-state index contributed by atoms with van der Waals surface area (Å²) in [7, 11) is 0. The number of benzene rings is 1. The minimum absolute atomic E-state index is 0.0220. The summed E-state index contributed by atoms with van der Waals surface area (Å²) < 4.78 is 13.2. The Morgan fingerprint density at radius 2 is 2.06 bits per heavy atom. The first-order chi connectivity index (χ1) is 8.58. The Bertz CT molecular complexity index is 407. The molecule has 18 heavy (non-hydrogen) atoms. The van der Waals surface area contributed by atoms with Crippen molar-refractivity contribution in [2.45, 2.75) is 51.6 Å². The molecular formula is C15H22FNO. The van der Waals surface area contributed by atoms with Crippen molar-refractivity contribution in [2.24, 2.45) is 5.92 Å². The van der Waals surface area contributed by atoms with E-state index >= 15 is 0 Å². The third-order valence-corrected chi connectivity index (χ3v) is 4.03. The van der Waals surface area contributed by atoms with E-state index in [1.54, 1.807) is 0 Å². The summed E-state index contributed by atoms with van der Waals surface area (Å²) in [4.78, 5) is 0. The van der Waals surface area contributed by atoms with Crippen molar-refractivity contribution in [3.05, 3.63) is 29.6 Å². The summed E-state index contributed by atoms with van der Waals surface area (Å²) in [6.07, 6.45) is 4.98. The van der Waals surface area contributed by atoms with Gasteiger partial charge in [0.15, 0.2) is 0 Å². The molecule has 0 heterocycles. The van der Waals surface area contributed by atoms with Gasteiger partial charge in [-0.05, 0) is 43.9 Å². The molecule has 0 spiro atoms. The maximum atomic E-state index is 13.2. The predicted molar refractivity (Wildman–Crippen MR) is 71.0 cm³/mol. The third-order valence-electron chi connectivity index (χ3n) is 4.03. The highest BCUT2D eigenvalue weighted by atomic mass is 19.1. The van der Waals surface area contributed by atoms with Gasteiger partial charge in [-0.2, -0.15) is 0 Å². The van der Waals surface area contributed by atoms with Crippen molar-refractivity contribution in [1.29, 1.82) is 0 Å². The number of rotatable bonds is 3. The van der Waals surface area contributed by atoms with E-state index < -0.39 is 0 Å². The molecule has 0 saturated heterocycles. The smallest absolute Gasteiger partial charge is 0.123 e. The number of hydrogen-bond donors (Lipinski definition) is 2. The zero-order valence-electron chi connectivity index (χ0n) is 11.1. The number of phenolic OH excluding ortho intramolecular Hbond substituents is 1. The number of halogens is 1. The third kappa shape index (κ3) is 3.02. The van der Waals surface area contributed by atoms with Crippen LogP contribution in [0, 0.1) is 11.7 Å². The molecule has 2 N–H and O–H groups in total. The molecule has 1 fully saturated rings. The van der Waals surface area contributed by atoms with Gasteiger partial charge in [0.25, 0.3) is 0 Å². The Morgan fingerprint density at radius 3 is 2.78 bits per heavy atom. The standard InChI is InChI=1S/C15H22FNO/c1-10-5-3-4-6-14(10)17-11(2)13-9-12(16)7-8-15(13)18/h7-11,14,17-18H,3-6H2,1-2H3. The lowest BCUT2D eigenvalue weighted by Crippen LogP contribution is -2.38. The molecule has 0 aliphatic heterocycles. The molecule has 1 aromatic rings. The predicted octanol–water partition coefficient (Wildman–Crippen LogP) is 3.76. The van der Waals surface area contributed by atoms with Crippen LogP contribution in [0.25, 0.3) is 0 Å². The summed E-state index contributed by atoms with van der Waals surface area (Å²) >= 11 is 0. The molecule has 100 valence electrons. The van der Waals surface area contributed by atoms with E-state index in [4.69, 9.17) is 0 Å². The first-order valence-electron chi connectivity index (χ1n) is 6.82. The number of phenols is 1. The fourth-order valence-electron chi connectivity index (χ4n) is 2.85. The van der Waals surface area contributed by atoms with Gasteiger partial charge in [-0.1, -0.05) is 19.8 Å². The van der Waals surface area contributed by atoms with Crippen LogP contribution < -0.4 is 5.32 Å². The highest BCUT2D eigenvalue weighted by Gasteiger charge is 2.23. The van der Waals surface area contributed by atoms with E-state index in [9.17, 15) is 9.50 Å². The van der Waals surface area contributed by atoms with Crippen molar-refractivity contribution in [3.63, 3.8) is 0 Å². The van der Waals surface area contributed by atoms with E-state index in [0.717, 1.165) is 0 Å². The zero-order valence-corrected chi connectivity index (χ0v) is 11.1. The molecule has 1 saturated carbocycles. The molecule has 3 unspecified atom stereocenters. The Morgan fingerprint density at radius 1 is 1.33 bits per heavy atom. The normalized spacial score (nSPS) is 25.9. The highest BCUT2D eigenvalue weighted by molar-refractivity contribution is 5.34. The average molecular weight is 251 g/mol. The lowest BCUT2D eigenvalue weighted by molar-refractivity contribution is 0.261. The molecule has 1 aliphatic carbocycles. The molecule has 3 heteroatoms. The lowest BCUT2D eigenvalue weighted by Gasteiger charge is -2.32. The molecule has 0 radical (unpaired) electrons. The van der Waals surface area contributed by atoms with Crippen LogP contribution in [-0.2, 0) is 0 Å². The van der Waals surface area contributed by atoms with Crippen LogP contribution in [-0.4, -0.2) is 11.1 Å². The van der Waals surface area contributed by atoms with Gasteiger partial charge in [-0.3, -0.25) is 0 Å². The molecule has 0 bridgehead atoms. The van der Waals surface area contributed by atoms with Crippen molar-refractivity contribution >= 4 is 0 Å². The molecule has 0 aromatic heterocycles. The minimum atomic E-state index is -0.298. The zero-order chi connectivity index (χ0) is 13.1. The Balaban J connectivity index is 2.06. The van der Waals surface area contributed by atoms with Crippen LogP contribution in [0.5, 0.6) is 5.75 Å². The second-order valence-corrected chi connectivity index (χ2v) is 5.46. The van der Waals surface area contributed by atoms with Gasteiger partial charge in [-0.25, -0.2) is 4.39 Å². The van der Waals surface area contributed by atoms with E-state index in [0.29, 0.717) is 17.5 Å². The Labute approximate surface area is 108 Å². The van der Waals surface area contributed by atoms with Crippen LogP contribution in [0.2, 0.25) is 0 Å². The van der Waals surface area contributed by atoms with E-state index in [-0.39, 0.29) is 17.6 Å². The highest BCUT2D eigenvalue weighted by Crippen LogP contribution is 2.29. The van der Waals surface area contributed by atoms with Gasteiger partial charge in [0, 0.05) is 17.6 Å². The van der Waals surface area contributed by atoms with Crippen molar-refractivity contribution in [1.82, 2.24) is 5.32 Å². The summed E-state index contributed by atoms with van der Waals surface area (Å²) in [6, 6.07) is 4.57. The summed E-state index contributed by atoms with van der Waals surface area (Å²) in [5.41, 5.74) is 0.646. The van der Waals surface area contributed by atoms with Gasteiger partial charge in [-0.15, -0.1) is 0 Å². The molecule has 1 aliphatic rings. The molecule has 2 nitrogen and oxygen atoms in total. The van der Waals surface area contributed by atoms with E-state index in [1.165, 1.54) is 43.9 Å². The maximum absolute atomic E-state index is 13.2. The quantitative estimate of drug-likeness (QED) is 0.857. The van der Waals surface area contributed by atoms with Gasteiger partial charge in [0.2, 0.25) is 0 Å². The molecule has 0 amide bonds. The van der Waals surface area contributed by atoms with Crippen LogP contribution in [0.3, 0.4) is 0 Å². The number of nitrogens with one attached hydrogen (secondary N) is 1. The number of aromatic hydroxyl groups is 1. The van der Waals surface area contributed by atoms with Gasteiger partial charge in [0.05, 0.1) is 0 Å². The molecule has 2 rings (SSSR count). The number of hydrogen-bond acceptors (Lipinski definition) is 2. The maximum Gasteiger partial charge on any atom is 0.123 e.